The quantitative estimate of drug-likeness (QED) is 0.860. The van der Waals surface area contributed by atoms with Crippen LogP contribution < -0.4 is 5.32 Å². The molecule has 1 fully saturated rings. The van der Waals surface area contributed by atoms with Gasteiger partial charge in [0.05, 0.1) is 23.9 Å². The Morgan fingerprint density at radius 1 is 1.35 bits per heavy atom. The fourth-order valence-electron chi connectivity index (χ4n) is 2.35. The number of aromatic nitrogens is 2. The third kappa shape index (κ3) is 1.85. The summed E-state index contributed by atoms with van der Waals surface area (Å²) in [6.07, 6.45) is 5.73. The van der Waals surface area contributed by atoms with Gasteiger partial charge in [-0.25, -0.2) is 9.37 Å². The summed E-state index contributed by atoms with van der Waals surface area (Å²) in [5.74, 6) is -0.218. The minimum atomic E-state index is -0.218. The lowest BCUT2D eigenvalue weighted by Crippen LogP contribution is -2.16. The molecule has 0 radical (unpaired) electrons. The number of hydrogen-bond donors (Lipinski definition) is 1. The van der Waals surface area contributed by atoms with Gasteiger partial charge in [0, 0.05) is 6.04 Å². The van der Waals surface area contributed by atoms with Crippen LogP contribution in [0.15, 0.2) is 36.8 Å². The van der Waals surface area contributed by atoms with Crippen molar-refractivity contribution in [2.75, 3.05) is 6.54 Å². The number of benzene rings is 1. The van der Waals surface area contributed by atoms with Gasteiger partial charge < -0.3 is 5.32 Å². The highest BCUT2D eigenvalue weighted by Gasteiger charge is 2.21. The SMILES string of the molecule is Fc1ccccc1-n1cncc1[C@@H]1CCCN1. The molecule has 3 nitrogen and oxygen atoms in total. The van der Waals surface area contributed by atoms with Gasteiger partial charge in [0.1, 0.15) is 5.82 Å². The van der Waals surface area contributed by atoms with Crippen molar-refractivity contribution in [2.24, 2.45) is 0 Å². The summed E-state index contributed by atoms with van der Waals surface area (Å²) in [6, 6.07) is 7.07. The van der Waals surface area contributed by atoms with Crippen molar-refractivity contribution >= 4 is 0 Å². The van der Waals surface area contributed by atoms with E-state index >= 15 is 0 Å². The van der Waals surface area contributed by atoms with Crippen LogP contribution in [0.3, 0.4) is 0 Å². The van der Waals surface area contributed by atoms with Crippen LogP contribution >= 0.6 is 0 Å². The van der Waals surface area contributed by atoms with Gasteiger partial charge in [-0.3, -0.25) is 4.57 Å². The molecule has 0 aliphatic carbocycles. The van der Waals surface area contributed by atoms with Crippen LogP contribution in [0.2, 0.25) is 0 Å². The normalized spacial score (nSPS) is 19.7. The average molecular weight is 231 g/mol. The van der Waals surface area contributed by atoms with Crippen molar-refractivity contribution in [3.63, 3.8) is 0 Å². The first-order valence-corrected chi connectivity index (χ1v) is 5.87. The average Bonchev–Trinajstić information content (AvgIpc) is 3.00. The summed E-state index contributed by atoms with van der Waals surface area (Å²) in [7, 11) is 0. The Balaban J connectivity index is 2.04. The lowest BCUT2D eigenvalue weighted by Gasteiger charge is -2.14. The van der Waals surface area contributed by atoms with E-state index in [2.05, 4.69) is 10.3 Å². The summed E-state index contributed by atoms with van der Waals surface area (Å²) >= 11 is 0. The Hall–Kier alpha value is -1.68. The van der Waals surface area contributed by atoms with Crippen LogP contribution in [-0.2, 0) is 0 Å². The molecule has 0 bridgehead atoms. The van der Waals surface area contributed by atoms with E-state index in [1.807, 2.05) is 16.8 Å². The molecule has 88 valence electrons. The van der Waals surface area contributed by atoms with Gasteiger partial charge in [-0.05, 0) is 31.5 Å². The fourth-order valence-corrected chi connectivity index (χ4v) is 2.35. The lowest BCUT2D eigenvalue weighted by molar-refractivity contribution is 0.591. The van der Waals surface area contributed by atoms with Gasteiger partial charge in [0.2, 0.25) is 0 Å². The zero-order valence-electron chi connectivity index (χ0n) is 9.44. The second-order valence-electron chi connectivity index (χ2n) is 4.29. The molecule has 0 unspecified atom stereocenters. The summed E-state index contributed by atoms with van der Waals surface area (Å²) in [4.78, 5) is 4.14. The van der Waals surface area contributed by atoms with Gasteiger partial charge in [-0.15, -0.1) is 0 Å². The standard InChI is InChI=1S/C13H14FN3/c14-10-4-1-2-6-12(10)17-9-15-8-13(17)11-5-3-7-16-11/h1-2,4,6,8-9,11,16H,3,5,7H2/t11-/m0/s1. The minimum Gasteiger partial charge on any atom is -0.309 e. The summed E-state index contributed by atoms with van der Waals surface area (Å²) in [5, 5.41) is 3.41. The third-order valence-corrected chi connectivity index (χ3v) is 3.20. The summed E-state index contributed by atoms with van der Waals surface area (Å²) in [5.41, 5.74) is 1.60. The van der Waals surface area contributed by atoms with Crippen LogP contribution in [0, 0.1) is 5.82 Å². The maximum Gasteiger partial charge on any atom is 0.147 e. The van der Waals surface area contributed by atoms with Crippen LogP contribution in [0.5, 0.6) is 0 Å². The molecule has 1 saturated heterocycles. The van der Waals surface area contributed by atoms with Gasteiger partial charge in [-0.2, -0.15) is 0 Å². The van der Waals surface area contributed by atoms with Crippen LogP contribution in [0.4, 0.5) is 4.39 Å². The predicted octanol–water partition coefficient (Wildman–Crippen LogP) is 2.44. The lowest BCUT2D eigenvalue weighted by atomic mass is 10.1. The zero-order chi connectivity index (χ0) is 11.7. The molecular weight excluding hydrogens is 217 g/mol. The molecule has 3 rings (SSSR count). The number of hydrogen-bond acceptors (Lipinski definition) is 2. The van der Waals surface area contributed by atoms with E-state index in [1.165, 1.54) is 6.07 Å². The highest BCUT2D eigenvalue weighted by molar-refractivity contribution is 5.35. The molecule has 1 aromatic carbocycles. The van der Waals surface area contributed by atoms with E-state index in [4.69, 9.17) is 0 Å². The molecule has 1 aliphatic heterocycles. The molecule has 1 atom stereocenters. The molecule has 1 aliphatic rings. The Labute approximate surface area is 99.3 Å². The number of halogens is 1. The minimum absolute atomic E-state index is 0.218. The second kappa shape index (κ2) is 4.30. The number of rotatable bonds is 2. The molecule has 0 spiro atoms. The van der Waals surface area contributed by atoms with Crippen LogP contribution in [0.25, 0.3) is 5.69 Å². The molecule has 1 aromatic heterocycles. The van der Waals surface area contributed by atoms with Gasteiger partial charge in [0.25, 0.3) is 0 Å². The first-order chi connectivity index (χ1) is 8.36. The van der Waals surface area contributed by atoms with Crippen molar-refractivity contribution < 1.29 is 4.39 Å². The first kappa shape index (κ1) is 10.5. The molecule has 2 heterocycles. The number of nitrogens with zero attached hydrogens (tertiary/aromatic N) is 2. The van der Waals surface area contributed by atoms with Gasteiger partial charge in [-0.1, -0.05) is 12.1 Å². The highest BCUT2D eigenvalue weighted by Crippen LogP contribution is 2.25. The smallest absolute Gasteiger partial charge is 0.147 e. The van der Waals surface area contributed by atoms with Crippen molar-refractivity contribution in [3.05, 3.63) is 48.3 Å². The van der Waals surface area contributed by atoms with E-state index in [-0.39, 0.29) is 11.9 Å². The Bertz CT molecular complexity index is 515. The van der Waals surface area contributed by atoms with Crippen molar-refractivity contribution in [1.82, 2.24) is 14.9 Å². The molecular formula is C13H14FN3. The molecule has 4 heteroatoms. The first-order valence-electron chi connectivity index (χ1n) is 5.87. The second-order valence-corrected chi connectivity index (χ2v) is 4.29. The number of nitrogens with one attached hydrogen (secondary N) is 1. The van der Waals surface area contributed by atoms with E-state index in [0.717, 1.165) is 25.1 Å². The van der Waals surface area contributed by atoms with E-state index in [1.54, 1.807) is 18.5 Å². The van der Waals surface area contributed by atoms with Crippen molar-refractivity contribution in [2.45, 2.75) is 18.9 Å². The monoisotopic (exact) mass is 231 g/mol. The van der Waals surface area contributed by atoms with Crippen molar-refractivity contribution in [3.8, 4) is 5.69 Å². The topological polar surface area (TPSA) is 29.9 Å². The molecule has 2 aromatic rings. The van der Waals surface area contributed by atoms with Gasteiger partial charge >= 0.3 is 0 Å². The number of imidazole rings is 1. The zero-order valence-corrected chi connectivity index (χ0v) is 9.44. The van der Waals surface area contributed by atoms with E-state index < -0.39 is 0 Å². The van der Waals surface area contributed by atoms with E-state index in [0.29, 0.717) is 5.69 Å². The Morgan fingerprint density at radius 3 is 3.00 bits per heavy atom. The van der Waals surface area contributed by atoms with Crippen LogP contribution in [0.1, 0.15) is 24.6 Å². The predicted molar refractivity (Wildman–Crippen MR) is 63.5 cm³/mol. The van der Waals surface area contributed by atoms with Crippen molar-refractivity contribution in [1.29, 1.82) is 0 Å². The largest absolute Gasteiger partial charge is 0.309 e. The number of para-hydroxylation sites is 1. The summed E-state index contributed by atoms with van der Waals surface area (Å²) < 4.78 is 15.6. The maximum atomic E-state index is 13.8. The Morgan fingerprint density at radius 2 is 2.24 bits per heavy atom. The fraction of sp³-hybridized carbons (Fsp3) is 0.308. The Kier molecular flexibility index (Phi) is 2.65. The van der Waals surface area contributed by atoms with Crippen LogP contribution in [-0.4, -0.2) is 16.1 Å². The third-order valence-electron chi connectivity index (χ3n) is 3.20. The molecule has 17 heavy (non-hydrogen) atoms. The summed E-state index contributed by atoms with van der Waals surface area (Å²) in [6.45, 7) is 1.02. The molecule has 0 amide bonds. The van der Waals surface area contributed by atoms with E-state index in [9.17, 15) is 4.39 Å². The molecule has 1 N–H and O–H groups in total. The molecule has 0 saturated carbocycles. The maximum absolute atomic E-state index is 13.8. The highest BCUT2D eigenvalue weighted by atomic mass is 19.1. The van der Waals surface area contributed by atoms with Gasteiger partial charge in [0.15, 0.2) is 0 Å².